The van der Waals surface area contributed by atoms with E-state index in [1.807, 2.05) is 0 Å². The fraction of sp³-hybridized carbons (Fsp3) is 0.500. The molecule has 7 heteroatoms. The average molecular weight is 364 g/mol. The fourth-order valence-electron chi connectivity index (χ4n) is 2.74. The Balaban J connectivity index is 1.83. The van der Waals surface area contributed by atoms with Gasteiger partial charge < -0.3 is 10.1 Å². The second-order valence-corrected chi connectivity index (χ2v) is 7.11. The van der Waals surface area contributed by atoms with E-state index in [1.54, 1.807) is 18.2 Å². The summed E-state index contributed by atoms with van der Waals surface area (Å²) in [5.41, 5.74) is -0.863. The number of thioether (sulfide) groups is 1. The van der Waals surface area contributed by atoms with Gasteiger partial charge in [-0.3, -0.25) is 9.59 Å². The normalized spacial score (nSPS) is 17.2. The molecule has 1 atom stereocenters. The van der Waals surface area contributed by atoms with Crippen LogP contribution in [0.25, 0.3) is 0 Å². The lowest BCUT2D eigenvalue weighted by molar-refractivity contribution is -0.152. The number of amides is 1. The molecule has 0 aliphatic heterocycles. The predicted octanol–water partition coefficient (Wildman–Crippen LogP) is 3.19. The molecule has 5 nitrogen and oxygen atoms in total. The monoisotopic (exact) mass is 364 g/mol. The number of esters is 1. The zero-order valence-electron chi connectivity index (χ0n) is 14.1. The highest BCUT2D eigenvalue weighted by molar-refractivity contribution is 8.00. The lowest BCUT2D eigenvalue weighted by Gasteiger charge is -2.32. The number of carbonyl (C=O) groups excluding carboxylic acids is 2. The van der Waals surface area contributed by atoms with Gasteiger partial charge in [0.05, 0.1) is 11.8 Å². The van der Waals surface area contributed by atoms with Crippen molar-refractivity contribution in [2.24, 2.45) is 0 Å². The molecule has 0 heterocycles. The number of nitrogens with one attached hydrogen (secondary N) is 1. The van der Waals surface area contributed by atoms with Crippen LogP contribution >= 0.6 is 11.8 Å². The van der Waals surface area contributed by atoms with Gasteiger partial charge in [-0.15, -0.1) is 11.8 Å². The van der Waals surface area contributed by atoms with Crippen LogP contribution in [0.1, 0.15) is 39.0 Å². The predicted molar refractivity (Wildman–Crippen MR) is 92.2 cm³/mol. The number of benzene rings is 1. The minimum absolute atomic E-state index is 0.0953. The van der Waals surface area contributed by atoms with Crippen molar-refractivity contribution >= 4 is 23.6 Å². The molecule has 25 heavy (non-hydrogen) atoms. The van der Waals surface area contributed by atoms with Crippen molar-refractivity contribution in [3.05, 3.63) is 30.1 Å². The Hall–Kier alpha value is -2.07. The number of rotatable bonds is 6. The smallest absolute Gasteiger partial charge is 0.317 e. The molecule has 1 N–H and O–H groups in total. The van der Waals surface area contributed by atoms with Gasteiger partial charge in [0.25, 0.3) is 5.91 Å². The summed E-state index contributed by atoms with van der Waals surface area (Å²) < 4.78 is 18.6. The lowest BCUT2D eigenvalue weighted by Crippen LogP contribution is -2.52. The van der Waals surface area contributed by atoms with Gasteiger partial charge in [0.1, 0.15) is 11.4 Å². The van der Waals surface area contributed by atoms with Crippen LogP contribution in [0, 0.1) is 17.1 Å². The Kier molecular flexibility index (Phi) is 6.82. The van der Waals surface area contributed by atoms with Crippen molar-refractivity contribution < 1.29 is 18.7 Å². The van der Waals surface area contributed by atoms with Crippen LogP contribution in [0.5, 0.6) is 0 Å². The first-order chi connectivity index (χ1) is 12.0. The van der Waals surface area contributed by atoms with Gasteiger partial charge in [0.15, 0.2) is 6.10 Å². The van der Waals surface area contributed by atoms with E-state index in [2.05, 4.69) is 11.4 Å². The van der Waals surface area contributed by atoms with Gasteiger partial charge in [-0.05, 0) is 31.9 Å². The second-order valence-electron chi connectivity index (χ2n) is 6.10. The Morgan fingerprint density at radius 3 is 2.68 bits per heavy atom. The molecule has 0 aromatic heterocycles. The highest BCUT2D eigenvalue weighted by Gasteiger charge is 2.35. The van der Waals surface area contributed by atoms with Crippen molar-refractivity contribution in [2.45, 2.75) is 55.6 Å². The quantitative estimate of drug-likeness (QED) is 0.619. The van der Waals surface area contributed by atoms with Crippen molar-refractivity contribution in [1.82, 2.24) is 5.32 Å². The molecule has 1 aromatic carbocycles. The number of halogens is 1. The molecule has 0 radical (unpaired) electrons. The average Bonchev–Trinajstić information content (AvgIpc) is 2.61. The van der Waals surface area contributed by atoms with E-state index in [1.165, 1.54) is 13.0 Å². The van der Waals surface area contributed by atoms with Crippen LogP contribution in [-0.4, -0.2) is 29.3 Å². The summed E-state index contributed by atoms with van der Waals surface area (Å²) >= 11 is 1.01. The third kappa shape index (κ3) is 5.46. The zero-order chi connectivity index (χ0) is 18.3. The molecule has 1 aromatic rings. The third-order valence-corrected chi connectivity index (χ3v) is 5.17. The first kappa shape index (κ1) is 19.3. The summed E-state index contributed by atoms with van der Waals surface area (Å²) in [6, 6.07) is 8.33. The summed E-state index contributed by atoms with van der Waals surface area (Å²) in [5, 5.41) is 12.1. The summed E-state index contributed by atoms with van der Waals surface area (Å²) in [7, 11) is 0. The molecule has 134 valence electrons. The van der Waals surface area contributed by atoms with E-state index in [-0.39, 0.29) is 5.75 Å². The topological polar surface area (TPSA) is 79.2 Å². The molecular weight excluding hydrogens is 343 g/mol. The third-order valence-electron chi connectivity index (χ3n) is 4.14. The van der Waals surface area contributed by atoms with E-state index in [0.29, 0.717) is 17.7 Å². The van der Waals surface area contributed by atoms with Crippen molar-refractivity contribution in [2.75, 3.05) is 5.75 Å². The highest BCUT2D eigenvalue weighted by Crippen LogP contribution is 2.27. The molecule has 1 aliphatic rings. The number of hydrogen-bond acceptors (Lipinski definition) is 5. The van der Waals surface area contributed by atoms with Crippen LogP contribution in [-0.2, 0) is 14.3 Å². The maximum absolute atomic E-state index is 13.5. The largest absolute Gasteiger partial charge is 0.452 e. The standard InChI is InChI=1S/C18H21FN2O3S/c1-13(17(23)21-18(12-20)9-5-2-6-10-18)24-16(22)11-25-15-8-4-3-7-14(15)19/h3-4,7-8,13H,2,5-6,9-11H2,1H3,(H,21,23)/t13-/m0/s1. The number of nitrogens with zero attached hydrogens (tertiary/aromatic N) is 1. The summed E-state index contributed by atoms with van der Waals surface area (Å²) in [6.45, 7) is 1.47. The Labute approximate surface area is 150 Å². The van der Waals surface area contributed by atoms with Crippen molar-refractivity contribution in [3.63, 3.8) is 0 Å². The molecule has 1 amide bonds. The van der Waals surface area contributed by atoms with E-state index >= 15 is 0 Å². The summed E-state index contributed by atoms with van der Waals surface area (Å²) in [5.74, 6) is -1.58. The molecule has 2 rings (SSSR count). The molecule has 0 bridgehead atoms. The van der Waals surface area contributed by atoms with Crippen molar-refractivity contribution in [3.8, 4) is 6.07 Å². The molecular formula is C18H21FN2O3S. The lowest BCUT2D eigenvalue weighted by atomic mass is 9.83. The molecule has 1 saturated carbocycles. The van der Waals surface area contributed by atoms with E-state index in [0.717, 1.165) is 31.0 Å². The first-order valence-corrected chi connectivity index (χ1v) is 9.24. The van der Waals surface area contributed by atoms with Crippen LogP contribution < -0.4 is 5.32 Å². The molecule has 1 fully saturated rings. The van der Waals surface area contributed by atoms with Crippen LogP contribution in [0.2, 0.25) is 0 Å². The minimum atomic E-state index is -0.999. The highest BCUT2D eigenvalue weighted by atomic mass is 32.2. The summed E-state index contributed by atoms with van der Waals surface area (Å²) in [6.07, 6.45) is 3.05. The van der Waals surface area contributed by atoms with Gasteiger partial charge in [-0.25, -0.2) is 4.39 Å². The number of carbonyl (C=O) groups is 2. The molecule has 1 aliphatic carbocycles. The molecule has 0 spiro atoms. The van der Waals surface area contributed by atoms with Gasteiger partial charge in [-0.2, -0.15) is 5.26 Å². The van der Waals surface area contributed by atoms with Crippen LogP contribution in [0.15, 0.2) is 29.2 Å². The maximum Gasteiger partial charge on any atom is 0.317 e. The SMILES string of the molecule is C[C@H](OC(=O)CSc1ccccc1F)C(=O)NC1(C#N)CCCCC1. The molecule has 0 unspecified atom stereocenters. The number of nitriles is 1. The Morgan fingerprint density at radius 2 is 2.04 bits per heavy atom. The van der Waals surface area contributed by atoms with Crippen molar-refractivity contribution in [1.29, 1.82) is 5.26 Å². The van der Waals surface area contributed by atoms with Gasteiger partial charge in [0, 0.05) is 4.90 Å². The van der Waals surface area contributed by atoms with Gasteiger partial charge >= 0.3 is 5.97 Å². The van der Waals surface area contributed by atoms with Crippen LogP contribution in [0.3, 0.4) is 0 Å². The number of ether oxygens (including phenoxy) is 1. The Morgan fingerprint density at radius 1 is 1.36 bits per heavy atom. The zero-order valence-corrected chi connectivity index (χ0v) is 14.9. The van der Waals surface area contributed by atoms with Crippen LogP contribution in [0.4, 0.5) is 4.39 Å². The Bertz CT molecular complexity index is 669. The van der Waals surface area contributed by atoms with Gasteiger partial charge in [0.2, 0.25) is 0 Å². The van der Waals surface area contributed by atoms with E-state index in [9.17, 15) is 19.2 Å². The summed E-state index contributed by atoms with van der Waals surface area (Å²) in [4.78, 5) is 24.5. The van der Waals surface area contributed by atoms with E-state index in [4.69, 9.17) is 4.74 Å². The minimum Gasteiger partial charge on any atom is -0.452 e. The maximum atomic E-state index is 13.5. The van der Waals surface area contributed by atoms with Gasteiger partial charge in [-0.1, -0.05) is 31.4 Å². The first-order valence-electron chi connectivity index (χ1n) is 8.26. The molecule has 0 saturated heterocycles. The van der Waals surface area contributed by atoms with E-state index < -0.39 is 29.3 Å². The number of hydrogen-bond donors (Lipinski definition) is 1. The second kappa shape index (κ2) is 8.86. The fourth-order valence-corrected chi connectivity index (χ4v) is 3.46.